The first-order valence-corrected chi connectivity index (χ1v) is 6.96. The number of rotatable bonds is 5. The zero-order valence-electron chi connectivity index (χ0n) is 12.8. The number of nitrogens with zero attached hydrogens (tertiary/aromatic N) is 2. The van der Waals surface area contributed by atoms with Crippen molar-refractivity contribution >= 4 is 5.91 Å². The predicted molar refractivity (Wildman–Crippen MR) is 80.8 cm³/mol. The first-order valence-electron chi connectivity index (χ1n) is 6.96. The lowest BCUT2D eigenvalue weighted by atomic mass is 10.1. The highest BCUT2D eigenvalue weighted by Gasteiger charge is 2.13. The summed E-state index contributed by atoms with van der Waals surface area (Å²) in [5.74, 6) is -0.281. The highest BCUT2D eigenvalue weighted by atomic mass is 16.2. The first-order chi connectivity index (χ1) is 10.4. The molecule has 0 saturated carbocycles. The molecule has 0 aromatic carbocycles. The number of aromatic nitrogens is 4. The Morgan fingerprint density at radius 2 is 2.09 bits per heavy atom. The fourth-order valence-electron chi connectivity index (χ4n) is 2.09. The van der Waals surface area contributed by atoms with Crippen molar-refractivity contribution in [1.82, 2.24) is 25.1 Å². The van der Waals surface area contributed by atoms with E-state index < -0.39 is 11.2 Å². The van der Waals surface area contributed by atoms with Gasteiger partial charge in [0.1, 0.15) is 0 Å². The Balaban J connectivity index is 1.96. The number of H-pyrrole nitrogens is 2. The first kappa shape index (κ1) is 15.7. The normalized spacial score (nSPS) is 12.1. The summed E-state index contributed by atoms with van der Waals surface area (Å²) in [6.07, 6.45) is 3.57. The molecule has 0 radical (unpaired) electrons. The maximum Gasteiger partial charge on any atom is 0.325 e. The van der Waals surface area contributed by atoms with Gasteiger partial charge in [-0.1, -0.05) is 0 Å². The summed E-state index contributed by atoms with van der Waals surface area (Å²) in [7, 11) is 0. The van der Waals surface area contributed by atoms with Crippen LogP contribution in [0.2, 0.25) is 0 Å². The van der Waals surface area contributed by atoms with Crippen molar-refractivity contribution in [3.63, 3.8) is 0 Å². The van der Waals surface area contributed by atoms with E-state index in [4.69, 9.17) is 0 Å². The third-order valence-corrected chi connectivity index (χ3v) is 3.37. The van der Waals surface area contributed by atoms with E-state index in [-0.39, 0.29) is 23.9 Å². The maximum atomic E-state index is 12.0. The predicted octanol–water partition coefficient (Wildman–Crippen LogP) is -0.204. The molecule has 0 aliphatic carbocycles. The standard InChI is InChI=1S/C14H19N5O3/c1-8-5-16-19(7-8)9(2)6-15-12(20)4-11-10(3)17-14(22)18-13(11)21/h5,7,9H,4,6H2,1-3H3,(H,15,20)(H2,17,18,21,22). The minimum Gasteiger partial charge on any atom is -0.354 e. The Morgan fingerprint density at radius 3 is 2.68 bits per heavy atom. The molecule has 118 valence electrons. The Labute approximate surface area is 126 Å². The van der Waals surface area contributed by atoms with Gasteiger partial charge in [-0.05, 0) is 26.3 Å². The summed E-state index contributed by atoms with van der Waals surface area (Å²) < 4.78 is 1.77. The Kier molecular flexibility index (Phi) is 4.59. The molecule has 8 heteroatoms. The van der Waals surface area contributed by atoms with Gasteiger partial charge in [0.15, 0.2) is 0 Å². The fraction of sp³-hybridized carbons (Fsp3) is 0.429. The summed E-state index contributed by atoms with van der Waals surface area (Å²) in [6.45, 7) is 5.87. The van der Waals surface area contributed by atoms with E-state index >= 15 is 0 Å². The molecule has 0 spiro atoms. The van der Waals surface area contributed by atoms with Crippen LogP contribution >= 0.6 is 0 Å². The second-order valence-corrected chi connectivity index (χ2v) is 5.34. The summed E-state index contributed by atoms with van der Waals surface area (Å²) in [5.41, 5.74) is 0.606. The number of nitrogens with one attached hydrogen (secondary N) is 3. The van der Waals surface area contributed by atoms with Gasteiger partial charge in [0, 0.05) is 24.0 Å². The van der Waals surface area contributed by atoms with Crippen LogP contribution in [0, 0.1) is 13.8 Å². The summed E-state index contributed by atoms with van der Waals surface area (Å²) in [5, 5.41) is 6.95. The molecule has 3 N–H and O–H groups in total. The van der Waals surface area contributed by atoms with Crippen LogP contribution in [-0.4, -0.2) is 32.2 Å². The average molecular weight is 305 g/mol. The number of hydrogen-bond donors (Lipinski definition) is 3. The van der Waals surface area contributed by atoms with Gasteiger partial charge in [0.2, 0.25) is 5.91 Å². The number of hydrogen-bond acceptors (Lipinski definition) is 4. The van der Waals surface area contributed by atoms with E-state index in [2.05, 4.69) is 20.4 Å². The van der Waals surface area contributed by atoms with Crippen LogP contribution in [0.5, 0.6) is 0 Å². The number of aromatic amines is 2. The molecule has 22 heavy (non-hydrogen) atoms. The van der Waals surface area contributed by atoms with Crippen molar-refractivity contribution in [3.8, 4) is 0 Å². The van der Waals surface area contributed by atoms with Gasteiger partial charge < -0.3 is 10.3 Å². The second kappa shape index (κ2) is 6.42. The molecule has 0 bridgehead atoms. The highest BCUT2D eigenvalue weighted by molar-refractivity contribution is 5.78. The zero-order valence-corrected chi connectivity index (χ0v) is 12.8. The average Bonchev–Trinajstić information content (AvgIpc) is 2.87. The molecule has 0 saturated heterocycles. The van der Waals surface area contributed by atoms with Gasteiger partial charge in [-0.3, -0.25) is 19.3 Å². The van der Waals surface area contributed by atoms with Crippen LogP contribution in [0.1, 0.15) is 29.8 Å². The van der Waals surface area contributed by atoms with E-state index in [1.54, 1.807) is 17.8 Å². The minimum atomic E-state index is -0.575. The largest absolute Gasteiger partial charge is 0.354 e. The SMILES string of the molecule is Cc1cnn(C(C)CNC(=O)Cc2c(C)[nH]c(=O)[nH]c2=O)c1. The Morgan fingerprint density at radius 1 is 1.36 bits per heavy atom. The van der Waals surface area contributed by atoms with Crippen molar-refractivity contribution in [1.29, 1.82) is 0 Å². The van der Waals surface area contributed by atoms with E-state index in [1.807, 2.05) is 20.0 Å². The monoisotopic (exact) mass is 305 g/mol. The van der Waals surface area contributed by atoms with Crippen molar-refractivity contribution in [3.05, 3.63) is 50.1 Å². The van der Waals surface area contributed by atoms with Crippen LogP contribution < -0.4 is 16.6 Å². The summed E-state index contributed by atoms with van der Waals surface area (Å²) in [4.78, 5) is 39.3. The van der Waals surface area contributed by atoms with E-state index in [1.165, 1.54) is 0 Å². The van der Waals surface area contributed by atoms with Gasteiger partial charge in [-0.25, -0.2) is 4.79 Å². The third-order valence-electron chi connectivity index (χ3n) is 3.37. The Hall–Kier alpha value is -2.64. The molecule has 0 aliphatic heterocycles. The number of amides is 1. The summed E-state index contributed by atoms with van der Waals surface area (Å²) >= 11 is 0. The van der Waals surface area contributed by atoms with Crippen LogP contribution in [0.25, 0.3) is 0 Å². The van der Waals surface area contributed by atoms with Crippen molar-refractivity contribution < 1.29 is 4.79 Å². The number of carbonyl (C=O) groups is 1. The fourth-order valence-corrected chi connectivity index (χ4v) is 2.09. The van der Waals surface area contributed by atoms with Gasteiger partial charge >= 0.3 is 5.69 Å². The minimum absolute atomic E-state index is 0.00705. The molecule has 1 amide bonds. The smallest absolute Gasteiger partial charge is 0.325 e. The summed E-state index contributed by atoms with van der Waals surface area (Å²) in [6, 6.07) is 0.00705. The quantitative estimate of drug-likeness (QED) is 0.709. The second-order valence-electron chi connectivity index (χ2n) is 5.34. The number of carbonyl (C=O) groups excluding carboxylic acids is 1. The molecule has 0 fully saturated rings. The maximum absolute atomic E-state index is 12.0. The van der Waals surface area contributed by atoms with Gasteiger partial charge in [0.05, 0.1) is 18.7 Å². The lowest BCUT2D eigenvalue weighted by molar-refractivity contribution is -0.120. The molecule has 1 atom stereocenters. The highest BCUT2D eigenvalue weighted by Crippen LogP contribution is 2.04. The topological polar surface area (TPSA) is 113 Å². The molecule has 2 aromatic rings. The molecule has 2 heterocycles. The van der Waals surface area contributed by atoms with E-state index in [0.717, 1.165) is 5.56 Å². The lowest BCUT2D eigenvalue weighted by Gasteiger charge is -2.13. The third kappa shape index (κ3) is 3.72. The van der Waals surface area contributed by atoms with E-state index in [9.17, 15) is 14.4 Å². The molecule has 0 aliphatic rings. The van der Waals surface area contributed by atoms with Gasteiger partial charge in [-0.15, -0.1) is 0 Å². The zero-order chi connectivity index (χ0) is 16.3. The van der Waals surface area contributed by atoms with E-state index in [0.29, 0.717) is 12.2 Å². The van der Waals surface area contributed by atoms with Crippen molar-refractivity contribution in [2.75, 3.05) is 6.54 Å². The number of aryl methyl sites for hydroxylation is 2. The van der Waals surface area contributed by atoms with Crippen molar-refractivity contribution in [2.24, 2.45) is 0 Å². The van der Waals surface area contributed by atoms with Crippen LogP contribution in [0.15, 0.2) is 22.0 Å². The van der Waals surface area contributed by atoms with Crippen molar-refractivity contribution in [2.45, 2.75) is 33.2 Å². The van der Waals surface area contributed by atoms with Crippen LogP contribution in [0.4, 0.5) is 0 Å². The molecule has 2 rings (SSSR count). The molecular weight excluding hydrogens is 286 g/mol. The van der Waals surface area contributed by atoms with Crippen LogP contribution in [0.3, 0.4) is 0 Å². The molecular formula is C14H19N5O3. The lowest BCUT2D eigenvalue weighted by Crippen LogP contribution is -2.34. The Bertz CT molecular complexity index is 786. The molecule has 8 nitrogen and oxygen atoms in total. The van der Waals surface area contributed by atoms with Gasteiger partial charge in [-0.2, -0.15) is 5.10 Å². The van der Waals surface area contributed by atoms with Crippen LogP contribution in [-0.2, 0) is 11.2 Å². The molecule has 2 aromatic heterocycles. The molecule has 1 unspecified atom stereocenters. The van der Waals surface area contributed by atoms with Gasteiger partial charge in [0.25, 0.3) is 5.56 Å².